The SMILES string of the molecule is CC(Br)C(Br)COC(=O)Cc1ccccc1. The summed E-state index contributed by atoms with van der Waals surface area (Å²) in [6, 6.07) is 9.59. The highest BCUT2D eigenvalue weighted by Crippen LogP contribution is 2.14. The zero-order valence-corrected chi connectivity index (χ0v) is 12.2. The van der Waals surface area contributed by atoms with Gasteiger partial charge in [-0.1, -0.05) is 69.1 Å². The van der Waals surface area contributed by atoms with E-state index < -0.39 is 0 Å². The Morgan fingerprint density at radius 3 is 2.50 bits per heavy atom. The number of carbonyl (C=O) groups excluding carboxylic acids is 1. The summed E-state index contributed by atoms with van der Waals surface area (Å²) in [4.78, 5) is 11.9. The maximum atomic E-state index is 11.5. The molecule has 2 atom stereocenters. The molecule has 16 heavy (non-hydrogen) atoms. The number of carbonyl (C=O) groups is 1. The first-order valence-electron chi connectivity index (χ1n) is 5.07. The molecule has 0 saturated heterocycles. The van der Waals surface area contributed by atoms with Crippen molar-refractivity contribution in [2.75, 3.05) is 6.61 Å². The number of esters is 1. The van der Waals surface area contributed by atoms with Gasteiger partial charge in [0.25, 0.3) is 0 Å². The van der Waals surface area contributed by atoms with E-state index in [1.54, 1.807) is 0 Å². The molecule has 0 aliphatic carbocycles. The molecule has 88 valence electrons. The van der Waals surface area contributed by atoms with Gasteiger partial charge in [-0.2, -0.15) is 0 Å². The Labute approximate surface area is 113 Å². The molecule has 2 unspecified atom stereocenters. The summed E-state index contributed by atoms with van der Waals surface area (Å²) in [5.74, 6) is -0.191. The Morgan fingerprint density at radius 2 is 1.94 bits per heavy atom. The molecule has 0 spiro atoms. The van der Waals surface area contributed by atoms with Gasteiger partial charge in [0.2, 0.25) is 0 Å². The minimum atomic E-state index is -0.191. The largest absolute Gasteiger partial charge is 0.464 e. The quantitative estimate of drug-likeness (QED) is 0.602. The molecule has 0 saturated carbocycles. The Balaban J connectivity index is 2.32. The molecule has 2 nitrogen and oxygen atoms in total. The average Bonchev–Trinajstić information content (AvgIpc) is 2.27. The van der Waals surface area contributed by atoms with E-state index in [1.807, 2.05) is 37.3 Å². The summed E-state index contributed by atoms with van der Waals surface area (Å²) < 4.78 is 5.15. The van der Waals surface area contributed by atoms with Crippen LogP contribution < -0.4 is 0 Å². The molecule has 0 aromatic heterocycles. The second-order valence-electron chi connectivity index (χ2n) is 3.54. The van der Waals surface area contributed by atoms with E-state index in [1.165, 1.54) is 0 Å². The summed E-state index contributed by atoms with van der Waals surface area (Å²) >= 11 is 6.85. The molecule has 0 N–H and O–H groups in total. The lowest BCUT2D eigenvalue weighted by Gasteiger charge is -2.12. The highest BCUT2D eigenvalue weighted by molar-refractivity contribution is 9.12. The molecular weight excluding hydrogens is 336 g/mol. The molecule has 0 aliphatic rings. The van der Waals surface area contributed by atoms with E-state index >= 15 is 0 Å². The monoisotopic (exact) mass is 348 g/mol. The van der Waals surface area contributed by atoms with Crippen molar-refractivity contribution in [2.45, 2.75) is 23.0 Å². The summed E-state index contributed by atoms with van der Waals surface area (Å²) in [5, 5.41) is 0. The van der Waals surface area contributed by atoms with Crippen molar-refractivity contribution < 1.29 is 9.53 Å². The molecule has 0 radical (unpaired) electrons. The maximum Gasteiger partial charge on any atom is 0.310 e. The lowest BCUT2D eigenvalue weighted by atomic mass is 10.2. The van der Waals surface area contributed by atoms with E-state index in [9.17, 15) is 4.79 Å². The van der Waals surface area contributed by atoms with Gasteiger partial charge in [-0.15, -0.1) is 0 Å². The van der Waals surface area contributed by atoms with Gasteiger partial charge in [0.05, 0.1) is 11.2 Å². The van der Waals surface area contributed by atoms with Crippen LogP contribution in [-0.2, 0) is 16.0 Å². The molecule has 0 aliphatic heterocycles. The van der Waals surface area contributed by atoms with Gasteiger partial charge in [0.1, 0.15) is 6.61 Å². The first-order chi connectivity index (χ1) is 7.59. The first kappa shape index (κ1) is 13.7. The number of benzene rings is 1. The van der Waals surface area contributed by atoms with Gasteiger partial charge in [0.15, 0.2) is 0 Å². The molecule has 0 amide bonds. The highest BCUT2D eigenvalue weighted by atomic mass is 79.9. The predicted octanol–water partition coefficient (Wildman–Crippen LogP) is 3.32. The van der Waals surface area contributed by atoms with Gasteiger partial charge in [0, 0.05) is 4.83 Å². The molecule has 0 bridgehead atoms. The lowest BCUT2D eigenvalue weighted by Crippen LogP contribution is -2.20. The number of ether oxygens (including phenoxy) is 1. The second-order valence-corrected chi connectivity index (χ2v) is 6.16. The predicted molar refractivity (Wildman–Crippen MR) is 72.2 cm³/mol. The molecular formula is C12H14Br2O2. The zero-order valence-electron chi connectivity index (χ0n) is 9.03. The number of rotatable bonds is 5. The third-order valence-corrected chi connectivity index (χ3v) is 4.50. The third kappa shape index (κ3) is 5.12. The fourth-order valence-corrected chi connectivity index (χ4v) is 1.40. The summed E-state index contributed by atoms with van der Waals surface area (Å²) in [6.45, 7) is 2.39. The van der Waals surface area contributed by atoms with Crippen LogP contribution in [0.1, 0.15) is 12.5 Å². The number of hydrogen-bond acceptors (Lipinski definition) is 2. The molecule has 1 aromatic rings. The molecule has 0 fully saturated rings. The van der Waals surface area contributed by atoms with Gasteiger partial charge in [-0.25, -0.2) is 0 Å². The van der Waals surface area contributed by atoms with E-state index in [2.05, 4.69) is 31.9 Å². The van der Waals surface area contributed by atoms with Crippen LogP contribution in [0.2, 0.25) is 0 Å². The van der Waals surface area contributed by atoms with Gasteiger partial charge in [-0.3, -0.25) is 4.79 Å². The minimum Gasteiger partial charge on any atom is -0.464 e. The van der Waals surface area contributed by atoms with Gasteiger partial charge < -0.3 is 4.74 Å². The normalized spacial score (nSPS) is 14.2. The lowest BCUT2D eigenvalue weighted by molar-refractivity contribution is -0.142. The fraction of sp³-hybridized carbons (Fsp3) is 0.417. The topological polar surface area (TPSA) is 26.3 Å². The number of hydrogen-bond donors (Lipinski definition) is 0. The van der Waals surface area contributed by atoms with Crippen LogP contribution in [0.15, 0.2) is 30.3 Å². The maximum absolute atomic E-state index is 11.5. The van der Waals surface area contributed by atoms with Crippen LogP contribution in [0.25, 0.3) is 0 Å². The molecule has 4 heteroatoms. The van der Waals surface area contributed by atoms with E-state index in [0.717, 1.165) is 5.56 Å². The van der Waals surface area contributed by atoms with Crippen LogP contribution in [0.5, 0.6) is 0 Å². The van der Waals surface area contributed by atoms with Gasteiger partial charge in [-0.05, 0) is 5.56 Å². The molecule has 1 aromatic carbocycles. The average molecular weight is 350 g/mol. The van der Waals surface area contributed by atoms with Crippen LogP contribution in [0.4, 0.5) is 0 Å². The Bertz CT molecular complexity index is 325. The second kappa shape index (κ2) is 7.07. The van der Waals surface area contributed by atoms with Crippen LogP contribution in [0.3, 0.4) is 0 Å². The van der Waals surface area contributed by atoms with E-state index in [0.29, 0.717) is 13.0 Å². The molecule has 0 heterocycles. The van der Waals surface area contributed by atoms with Crippen molar-refractivity contribution in [1.29, 1.82) is 0 Å². The van der Waals surface area contributed by atoms with E-state index in [4.69, 9.17) is 4.74 Å². The minimum absolute atomic E-state index is 0.146. The van der Waals surface area contributed by atoms with Gasteiger partial charge >= 0.3 is 5.97 Å². The molecule has 1 rings (SSSR count). The first-order valence-corrected chi connectivity index (χ1v) is 6.90. The fourth-order valence-electron chi connectivity index (χ4n) is 1.12. The Morgan fingerprint density at radius 1 is 1.31 bits per heavy atom. The number of halogens is 2. The van der Waals surface area contributed by atoms with Crippen LogP contribution in [0, 0.1) is 0 Å². The van der Waals surface area contributed by atoms with Crippen molar-refractivity contribution in [3.05, 3.63) is 35.9 Å². The van der Waals surface area contributed by atoms with Crippen molar-refractivity contribution in [3.63, 3.8) is 0 Å². The summed E-state index contributed by atoms with van der Waals surface area (Å²) in [7, 11) is 0. The standard InChI is InChI=1S/C12H14Br2O2/c1-9(13)11(14)8-16-12(15)7-10-5-3-2-4-6-10/h2-6,9,11H,7-8H2,1H3. The number of alkyl halides is 2. The smallest absolute Gasteiger partial charge is 0.310 e. The third-order valence-electron chi connectivity index (χ3n) is 2.09. The van der Waals surface area contributed by atoms with Crippen molar-refractivity contribution in [1.82, 2.24) is 0 Å². The van der Waals surface area contributed by atoms with Crippen LogP contribution >= 0.6 is 31.9 Å². The zero-order chi connectivity index (χ0) is 12.0. The summed E-state index contributed by atoms with van der Waals surface area (Å²) in [6.07, 6.45) is 0.331. The van der Waals surface area contributed by atoms with Crippen molar-refractivity contribution >= 4 is 37.8 Å². The van der Waals surface area contributed by atoms with Crippen molar-refractivity contribution in [2.24, 2.45) is 0 Å². The summed E-state index contributed by atoms with van der Waals surface area (Å²) in [5.41, 5.74) is 0.977. The van der Waals surface area contributed by atoms with Crippen molar-refractivity contribution in [3.8, 4) is 0 Å². The highest BCUT2D eigenvalue weighted by Gasteiger charge is 2.13. The van der Waals surface area contributed by atoms with Crippen LogP contribution in [-0.4, -0.2) is 22.2 Å². The Kier molecular flexibility index (Phi) is 6.06. The Hall–Kier alpha value is -0.350. The van der Waals surface area contributed by atoms with E-state index in [-0.39, 0.29) is 15.6 Å².